The van der Waals surface area contributed by atoms with Gasteiger partial charge >= 0.3 is 0 Å². The van der Waals surface area contributed by atoms with Crippen LogP contribution in [0.4, 0.5) is 11.6 Å². The quantitative estimate of drug-likeness (QED) is 0.563. The number of aromatic nitrogens is 3. The van der Waals surface area contributed by atoms with Crippen molar-refractivity contribution in [3.8, 4) is 11.5 Å². The molecule has 1 atom stereocenters. The summed E-state index contributed by atoms with van der Waals surface area (Å²) in [7, 11) is 3.22. The molecular weight excluding hydrogens is 410 g/mol. The van der Waals surface area contributed by atoms with E-state index in [1.165, 1.54) is 0 Å². The highest BCUT2D eigenvalue weighted by Crippen LogP contribution is 2.27. The number of methoxy groups -OCH3 is 2. The zero-order valence-corrected chi connectivity index (χ0v) is 18.0. The van der Waals surface area contributed by atoms with Gasteiger partial charge in [0.15, 0.2) is 0 Å². The van der Waals surface area contributed by atoms with Gasteiger partial charge in [-0.2, -0.15) is 4.98 Å². The highest BCUT2D eigenvalue weighted by atomic mass is 16.5. The van der Waals surface area contributed by atoms with Crippen LogP contribution in [0, 0.1) is 5.92 Å². The maximum absolute atomic E-state index is 12.7. The summed E-state index contributed by atoms with van der Waals surface area (Å²) in [6, 6.07) is 15.0. The van der Waals surface area contributed by atoms with Gasteiger partial charge in [-0.05, 0) is 48.4 Å². The zero-order valence-electron chi connectivity index (χ0n) is 18.0. The van der Waals surface area contributed by atoms with Crippen LogP contribution in [-0.4, -0.2) is 47.8 Å². The number of H-pyrrole nitrogens is 1. The summed E-state index contributed by atoms with van der Waals surface area (Å²) >= 11 is 0. The summed E-state index contributed by atoms with van der Waals surface area (Å²) in [5.41, 5.74) is 1.89. The van der Waals surface area contributed by atoms with E-state index < -0.39 is 5.92 Å². The Morgan fingerprint density at radius 2 is 1.72 bits per heavy atom. The number of carbonyl (C=O) groups is 2. The number of nitrogens with zero attached hydrogens (tertiary/aromatic N) is 3. The minimum atomic E-state index is -0.467. The minimum Gasteiger partial charge on any atom is -0.497 e. The molecule has 9 heteroatoms. The second kappa shape index (κ2) is 9.51. The number of ether oxygens (including phenoxy) is 2. The van der Waals surface area contributed by atoms with Crippen molar-refractivity contribution in [2.45, 2.75) is 19.3 Å². The van der Waals surface area contributed by atoms with Gasteiger partial charge in [0.2, 0.25) is 17.8 Å². The van der Waals surface area contributed by atoms with Crippen molar-refractivity contribution >= 4 is 23.5 Å². The van der Waals surface area contributed by atoms with Crippen LogP contribution in [0.3, 0.4) is 0 Å². The monoisotopic (exact) mass is 435 g/mol. The molecule has 0 radical (unpaired) electrons. The maximum atomic E-state index is 12.7. The van der Waals surface area contributed by atoms with Crippen molar-refractivity contribution in [1.82, 2.24) is 15.2 Å². The maximum Gasteiger partial charge on any atom is 0.248 e. The van der Waals surface area contributed by atoms with E-state index >= 15 is 0 Å². The van der Waals surface area contributed by atoms with Crippen molar-refractivity contribution in [2.24, 2.45) is 5.92 Å². The number of aromatic amines is 1. The normalized spacial score (nSPS) is 15.6. The van der Waals surface area contributed by atoms with E-state index in [2.05, 4.69) is 20.5 Å². The summed E-state index contributed by atoms with van der Waals surface area (Å²) in [6.45, 7) is 0.311. The molecule has 1 aromatic heterocycles. The lowest BCUT2D eigenvalue weighted by Crippen LogP contribution is -2.28. The number of nitrogens with one attached hydrogen (secondary N) is 2. The molecule has 166 valence electrons. The van der Waals surface area contributed by atoms with Crippen molar-refractivity contribution < 1.29 is 19.1 Å². The van der Waals surface area contributed by atoms with E-state index in [1.54, 1.807) is 43.4 Å². The Morgan fingerprint density at radius 1 is 1.06 bits per heavy atom. The van der Waals surface area contributed by atoms with Crippen molar-refractivity contribution in [1.29, 1.82) is 0 Å². The summed E-state index contributed by atoms with van der Waals surface area (Å²) < 4.78 is 10.3. The third kappa shape index (κ3) is 4.88. The number of hydrogen-bond acceptors (Lipinski definition) is 6. The van der Waals surface area contributed by atoms with Gasteiger partial charge in [-0.1, -0.05) is 12.1 Å². The molecule has 2 heterocycles. The summed E-state index contributed by atoms with van der Waals surface area (Å²) in [4.78, 5) is 31.1. The zero-order chi connectivity index (χ0) is 22.5. The molecule has 0 aliphatic carbocycles. The molecular formula is C23H25N5O4. The Morgan fingerprint density at radius 3 is 2.38 bits per heavy atom. The number of carbonyl (C=O) groups excluding carboxylic acids is 2. The largest absolute Gasteiger partial charge is 0.497 e. The van der Waals surface area contributed by atoms with E-state index in [0.717, 1.165) is 23.4 Å². The first-order chi connectivity index (χ1) is 15.6. The molecule has 2 amide bonds. The molecule has 32 heavy (non-hydrogen) atoms. The number of benzene rings is 2. The summed E-state index contributed by atoms with van der Waals surface area (Å²) in [5, 5.41) is 9.66. The molecule has 0 spiro atoms. The van der Waals surface area contributed by atoms with Gasteiger partial charge in [0.05, 0.1) is 20.1 Å². The van der Waals surface area contributed by atoms with E-state index in [1.807, 2.05) is 24.3 Å². The fraction of sp³-hybridized carbons (Fsp3) is 0.304. The first-order valence-electron chi connectivity index (χ1n) is 10.3. The molecule has 4 rings (SSSR count). The first-order valence-corrected chi connectivity index (χ1v) is 10.3. The first kappa shape index (κ1) is 21.4. The van der Waals surface area contributed by atoms with E-state index in [0.29, 0.717) is 24.5 Å². The average Bonchev–Trinajstić information content (AvgIpc) is 3.44. The molecule has 2 N–H and O–H groups in total. The van der Waals surface area contributed by atoms with Gasteiger partial charge in [-0.25, -0.2) is 0 Å². The predicted molar refractivity (Wildman–Crippen MR) is 119 cm³/mol. The van der Waals surface area contributed by atoms with Crippen LogP contribution in [0.2, 0.25) is 0 Å². The molecule has 1 unspecified atom stereocenters. The molecule has 1 fully saturated rings. The molecule has 1 aliphatic rings. The van der Waals surface area contributed by atoms with Crippen molar-refractivity contribution in [3.63, 3.8) is 0 Å². The molecule has 0 bridgehead atoms. The number of amides is 2. The van der Waals surface area contributed by atoms with Crippen molar-refractivity contribution in [3.05, 3.63) is 59.9 Å². The predicted octanol–water partition coefficient (Wildman–Crippen LogP) is 2.60. The fourth-order valence-electron chi connectivity index (χ4n) is 3.63. The summed E-state index contributed by atoms with van der Waals surface area (Å²) in [6.07, 6.45) is 1.58. The van der Waals surface area contributed by atoms with Gasteiger partial charge in [-0.15, -0.1) is 5.10 Å². The molecule has 2 aromatic carbocycles. The van der Waals surface area contributed by atoms with Crippen LogP contribution >= 0.6 is 0 Å². The van der Waals surface area contributed by atoms with Gasteiger partial charge in [0.1, 0.15) is 17.3 Å². The Labute approximate surface area is 185 Å². The third-order valence-electron chi connectivity index (χ3n) is 5.46. The van der Waals surface area contributed by atoms with Gasteiger partial charge in [0.25, 0.3) is 0 Å². The second-order valence-electron chi connectivity index (χ2n) is 7.55. The lowest BCUT2D eigenvalue weighted by atomic mass is 10.1. The average molecular weight is 435 g/mol. The number of aryl methyl sites for hydroxylation is 2. The standard InChI is InChI=1S/C23H25N5O4/c1-31-18-8-3-15(4-9-18)5-12-20-24-23(27-26-20)25-22(30)16-13-21(29)28(14-16)17-6-10-19(32-2)11-7-17/h3-4,6-11,16H,5,12-14H2,1-2H3,(H2,24,25,26,27,30). The Bertz CT molecular complexity index is 1080. The smallest absolute Gasteiger partial charge is 0.248 e. The molecule has 1 aliphatic heterocycles. The van der Waals surface area contributed by atoms with Gasteiger partial charge < -0.3 is 14.4 Å². The second-order valence-corrected chi connectivity index (χ2v) is 7.55. The van der Waals surface area contributed by atoms with E-state index in [9.17, 15) is 9.59 Å². The summed E-state index contributed by atoms with van der Waals surface area (Å²) in [5.74, 6) is 1.59. The van der Waals surface area contributed by atoms with Crippen LogP contribution in [0.15, 0.2) is 48.5 Å². The van der Waals surface area contributed by atoms with Crippen LogP contribution in [0.1, 0.15) is 17.8 Å². The van der Waals surface area contributed by atoms with Crippen LogP contribution in [0.25, 0.3) is 0 Å². The third-order valence-corrected chi connectivity index (χ3v) is 5.46. The molecule has 1 saturated heterocycles. The van der Waals surface area contributed by atoms with Crippen molar-refractivity contribution in [2.75, 3.05) is 31.0 Å². The molecule has 9 nitrogen and oxygen atoms in total. The minimum absolute atomic E-state index is 0.0921. The fourth-order valence-corrected chi connectivity index (χ4v) is 3.63. The number of rotatable bonds is 8. The topological polar surface area (TPSA) is 109 Å². The SMILES string of the molecule is COc1ccc(CCc2nc(NC(=O)C3CC(=O)N(c4ccc(OC)cc4)C3)n[nH]2)cc1. The molecule has 0 saturated carbocycles. The lowest BCUT2D eigenvalue weighted by Gasteiger charge is -2.16. The van der Waals surface area contributed by atoms with E-state index in [4.69, 9.17) is 9.47 Å². The highest BCUT2D eigenvalue weighted by Gasteiger charge is 2.35. The van der Waals surface area contributed by atoms with Gasteiger partial charge in [-0.3, -0.25) is 20.0 Å². The Balaban J connectivity index is 1.31. The number of hydrogen-bond donors (Lipinski definition) is 2. The molecule has 3 aromatic rings. The Kier molecular flexibility index (Phi) is 6.34. The highest BCUT2D eigenvalue weighted by molar-refractivity contribution is 6.03. The lowest BCUT2D eigenvalue weighted by molar-refractivity contribution is -0.122. The van der Waals surface area contributed by atoms with Gasteiger partial charge in [0, 0.05) is 25.1 Å². The van der Waals surface area contributed by atoms with Crippen LogP contribution in [-0.2, 0) is 22.4 Å². The number of anilines is 2. The van der Waals surface area contributed by atoms with Crippen LogP contribution < -0.4 is 19.7 Å². The van der Waals surface area contributed by atoms with Crippen LogP contribution in [0.5, 0.6) is 11.5 Å². The Hall–Kier alpha value is -3.88. The van der Waals surface area contributed by atoms with E-state index in [-0.39, 0.29) is 24.2 Å².